The van der Waals surface area contributed by atoms with Crippen molar-refractivity contribution >= 4 is 55.6 Å². The molecule has 2 saturated heterocycles. The van der Waals surface area contributed by atoms with E-state index in [0.29, 0.717) is 18.7 Å². The molecule has 2 fully saturated rings. The molecule has 2 unspecified atom stereocenters. The van der Waals surface area contributed by atoms with Crippen LogP contribution in [0.15, 0.2) is 53.5 Å². The highest BCUT2D eigenvalue weighted by molar-refractivity contribution is 8.15. The number of anilines is 2. The number of carbonyl (C=O) groups is 1. The van der Waals surface area contributed by atoms with Crippen molar-refractivity contribution in [2.75, 3.05) is 47.9 Å². The Balaban J connectivity index is 1.16. The lowest BCUT2D eigenvalue weighted by atomic mass is 10.1. The Morgan fingerprint density at radius 2 is 1.69 bits per heavy atom. The molecular formula is C22H23ClN4O3S2. The molecule has 3 aliphatic heterocycles. The van der Waals surface area contributed by atoms with Gasteiger partial charge in [-0.3, -0.25) is 9.79 Å². The minimum atomic E-state index is -2.95. The van der Waals surface area contributed by atoms with Crippen molar-refractivity contribution < 1.29 is 13.2 Å². The minimum absolute atomic E-state index is 0.00916. The zero-order chi connectivity index (χ0) is 22.3. The van der Waals surface area contributed by atoms with Gasteiger partial charge >= 0.3 is 0 Å². The monoisotopic (exact) mass is 490 g/mol. The third-order valence-electron chi connectivity index (χ3n) is 5.96. The minimum Gasteiger partial charge on any atom is -0.368 e. The van der Waals surface area contributed by atoms with E-state index in [1.54, 1.807) is 0 Å². The van der Waals surface area contributed by atoms with Crippen LogP contribution in [-0.4, -0.2) is 73.4 Å². The van der Waals surface area contributed by atoms with Crippen LogP contribution in [0.1, 0.15) is 10.4 Å². The molecule has 2 aromatic carbocycles. The maximum absolute atomic E-state index is 12.9. The summed E-state index contributed by atoms with van der Waals surface area (Å²) in [5, 5.41) is 4.72. The number of carbonyl (C=O) groups excluding carboxylic acids is 1. The molecule has 0 aliphatic carbocycles. The van der Waals surface area contributed by atoms with E-state index in [1.807, 2.05) is 53.4 Å². The summed E-state index contributed by atoms with van der Waals surface area (Å²) in [6.07, 6.45) is 0. The van der Waals surface area contributed by atoms with E-state index in [9.17, 15) is 13.2 Å². The number of piperazine rings is 1. The zero-order valence-electron chi connectivity index (χ0n) is 17.3. The molecule has 0 radical (unpaired) electrons. The van der Waals surface area contributed by atoms with Gasteiger partial charge < -0.3 is 15.1 Å². The Morgan fingerprint density at radius 1 is 1.00 bits per heavy atom. The second-order valence-corrected chi connectivity index (χ2v) is 12.0. The molecular weight excluding hydrogens is 468 g/mol. The molecule has 3 aliphatic rings. The predicted molar refractivity (Wildman–Crippen MR) is 131 cm³/mol. The van der Waals surface area contributed by atoms with Gasteiger partial charge in [-0.1, -0.05) is 23.4 Å². The normalized spacial score (nSPS) is 24.2. The molecule has 1 amide bonds. The first-order valence-corrected chi connectivity index (χ1v) is 13.6. The van der Waals surface area contributed by atoms with Crippen LogP contribution in [0.5, 0.6) is 0 Å². The number of rotatable bonds is 3. The number of aliphatic imine (C=N–C) groups is 1. The maximum Gasteiger partial charge on any atom is 0.253 e. The number of fused-ring (bicyclic) bond motifs is 1. The van der Waals surface area contributed by atoms with Gasteiger partial charge in [-0.15, -0.1) is 0 Å². The molecule has 2 aromatic rings. The van der Waals surface area contributed by atoms with Gasteiger partial charge in [0.1, 0.15) is 0 Å². The quantitative estimate of drug-likeness (QED) is 0.712. The molecule has 3 heterocycles. The fourth-order valence-corrected chi connectivity index (χ4v) is 8.04. The number of benzene rings is 2. The smallest absolute Gasteiger partial charge is 0.253 e. The van der Waals surface area contributed by atoms with Crippen molar-refractivity contribution in [2.45, 2.75) is 11.3 Å². The second-order valence-electron chi connectivity index (χ2n) is 8.19. The summed E-state index contributed by atoms with van der Waals surface area (Å²) in [6, 6.07) is 15.0. The number of sulfone groups is 1. The summed E-state index contributed by atoms with van der Waals surface area (Å²) in [7, 11) is -2.95. The highest BCUT2D eigenvalue weighted by Crippen LogP contribution is 2.34. The Kier molecular flexibility index (Phi) is 5.81. The number of hydrogen-bond acceptors (Lipinski definition) is 7. The fraction of sp³-hybridized carbons (Fsp3) is 0.364. The number of nitrogens with zero attached hydrogens (tertiary/aromatic N) is 3. The Morgan fingerprint density at radius 3 is 2.34 bits per heavy atom. The largest absolute Gasteiger partial charge is 0.368 e. The Bertz CT molecular complexity index is 1140. The first-order chi connectivity index (χ1) is 15.4. The SMILES string of the molecule is O=C(c1ccc(NC2=NC3CS(=O)(=O)CC3S2)cc1)N1CCN(c2ccc(Cl)cc2)CC1. The summed E-state index contributed by atoms with van der Waals surface area (Å²) in [5.41, 5.74) is 2.61. The van der Waals surface area contributed by atoms with E-state index in [4.69, 9.17) is 11.6 Å². The van der Waals surface area contributed by atoms with Crippen molar-refractivity contribution in [3.63, 3.8) is 0 Å². The highest BCUT2D eigenvalue weighted by Gasteiger charge is 2.42. The third kappa shape index (κ3) is 4.60. The van der Waals surface area contributed by atoms with Gasteiger partial charge in [0.15, 0.2) is 15.0 Å². The number of thioether (sulfide) groups is 1. The molecule has 1 N–H and O–H groups in total. The fourth-order valence-electron chi connectivity index (χ4n) is 4.24. The van der Waals surface area contributed by atoms with E-state index in [-0.39, 0.29) is 28.7 Å². The number of halogens is 1. The van der Waals surface area contributed by atoms with E-state index in [1.165, 1.54) is 11.8 Å². The number of nitrogens with one attached hydrogen (secondary N) is 1. The second kappa shape index (κ2) is 8.61. The third-order valence-corrected chi connectivity index (χ3v) is 9.35. The van der Waals surface area contributed by atoms with Gasteiger partial charge in [0, 0.05) is 53.4 Å². The molecule has 0 spiro atoms. The van der Waals surface area contributed by atoms with E-state index < -0.39 is 9.84 Å². The topological polar surface area (TPSA) is 82.1 Å². The number of amides is 1. The molecule has 7 nitrogen and oxygen atoms in total. The summed E-state index contributed by atoms with van der Waals surface area (Å²) in [5.74, 6) is 0.351. The van der Waals surface area contributed by atoms with Crippen molar-refractivity contribution in [3.05, 3.63) is 59.1 Å². The lowest BCUT2D eigenvalue weighted by Crippen LogP contribution is -2.48. The van der Waals surface area contributed by atoms with Gasteiger partial charge in [0.05, 0.1) is 17.5 Å². The highest BCUT2D eigenvalue weighted by atomic mass is 35.5. The zero-order valence-corrected chi connectivity index (χ0v) is 19.7. The maximum atomic E-state index is 12.9. The molecule has 2 atom stereocenters. The summed E-state index contributed by atoms with van der Waals surface area (Å²) < 4.78 is 23.4. The van der Waals surface area contributed by atoms with Crippen molar-refractivity contribution in [2.24, 2.45) is 4.99 Å². The van der Waals surface area contributed by atoms with E-state index >= 15 is 0 Å². The van der Waals surface area contributed by atoms with Crippen molar-refractivity contribution in [1.29, 1.82) is 0 Å². The number of amidine groups is 1. The molecule has 0 aromatic heterocycles. The average molecular weight is 491 g/mol. The average Bonchev–Trinajstić information content (AvgIpc) is 3.27. The van der Waals surface area contributed by atoms with Gasteiger partial charge in [-0.2, -0.15) is 0 Å². The Labute approximate surface area is 196 Å². The summed E-state index contributed by atoms with van der Waals surface area (Å²) >= 11 is 7.45. The van der Waals surface area contributed by atoms with Crippen LogP contribution < -0.4 is 10.2 Å². The molecule has 0 saturated carbocycles. The molecule has 168 valence electrons. The summed E-state index contributed by atoms with van der Waals surface area (Å²) in [4.78, 5) is 21.6. The number of hydrogen-bond donors (Lipinski definition) is 1. The Hall–Kier alpha value is -2.23. The molecule has 32 heavy (non-hydrogen) atoms. The van der Waals surface area contributed by atoms with Crippen LogP contribution in [0.2, 0.25) is 5.02 Å². The van der Waals surface area contributed by atoms with E-state index in [0.717, 1.165) is 34.7 Å². The lowest BCUT2D eigenvalue weighted by Gasteiger charge is -2.36. The van der Waals surface area contributed by atoms with Gasteiger partial charge in [-0.25, -0.2) is 8.42 Å². The molecule has 0 bridgehead atoms. The lowest BCUT2D eigenvalue weighted by molar-refractivity contribution is 0.0747. The van der Waals surface area contributed by atoms with Crippen molar-refractivity contribution in [1.82, 2.24) is 4.90 Å². The van der Waals surface area contributed by atoms with Crippen LogP contribution in [-0.2, 0) is 9.84 Å². The summed E-state index contributed by atoms with van der Waals surface area (Å²) in [6.45, 7) is 2.89. The molecule has 5 rings (SSSR count). The first kappa shape index (κ1) is 21.6. The first-order valence-electron chi connectivity index (χ1n) is 10.5. The van der Waals surface area contributed by atoms with Gasteiger partial charge in [0.2, 0.25) is 0 Å². The predicted octanol–water partition coefficient (Wildman–Crippen LogP) is 2.98. The van der Waals surface area contributed by atoms with Crippen LogP contribution in [0, 0.1) is 0 Å². The van der Waals surface area contributed by atoms with Gasteiger partial charge in [-0.05, 0) is 48.5 Å². The van der Waals surface area contributed by atoms with E-state index in [2.05, 4.69) is 15.2 Å². The van der Waals surface area contributed by atoms with Crippen LogP contribution in [0.4, 0.5) is 11.4 Å². The van der Waals surface area contributed by atoms with Crippen LogP contribution in [0.25, 0.3) is 0 Å². The van der Waals surface area contributed by atoms with Gasteiger partial charge in [0.25, 0.3) is 5.91 Å². The van der Waals surface area contributed by atoms with Crippen LogP contribution in [0.3, 0.4) is 0 Å². The van der Waals surface area contributed by atoms with Crippen LogP contribution >= 0.6 is 23.4 Å². The molecule has 10 heteroatoms. The standard InChI is InChI=1S/C22H23ClN4O3S2/c23-16-3-7-18(8-4-16)26-9-11-27(12-10-26)21(28)15-1-5-17(6-2-15)24-22-25-19-13-32(29,30)14-20(19)31-22/h1-8,19-20H,9-14H2,(H,24,25). The van der Waals surface area contributed by atoms with Crippen molar-refractivity contribution in [3.8, 4) is 0 Å².